The fourth-order valence-corrected chi connectivity index (χ4v) is 1.98. The van der Waals surface area contributed by atoms with Gasteiger partial charge in [0, 0.05) is 35.6 Å². The molecule has 116 valence electrons. The number of carboxylic acid groups (broad SMARTS) is 1. The van der Waals surface area contributed by atoms with Gasteiger partial charge in [0.25, 0.3) is 3.91 Å². The maximum Gasteiger partial charge on any atom is 0.326 e. The number of nitrogens with one attached hydrogen (secondary N) is 2. The molecule has 2 amide bonds. The Morgan fingerprint density at radius 2 is 1.80 bits per heavy atom. The Kier molecular flexibility index (Phi) is 10.4. The van der Waals surface area contributed by atoms with Crippen molar-refractivity contribution in [1.29, 1.82) is 0 Å². The normalized spacial score (nSPS) is 12.0. The number of carboxylic acids is 1. The lowest BCUT2D eigenvalue weighted by Crippen LogP contribution is -2.38. The highest BCUT2D eigenvalue weighted by molar-refractivity contribution is 14.1. The minimum atomic E-state index is -1.03. The Labute approximate surface area is 133 Å². The molecule has 3 N–H and O–H groups in total. The van der Waals surface area contributed by atoms with E-state index in [1.807, 2.05) is 0 Å². The first-order valence-electron chi connectivity index (χ1n) is 6.78. The van der Waals surface area contributed by atoms with Gasteiger partial charge in [0.15, 0.2) is 0 Å². The van der Waals surface area contributed by atoms with Gasteiger partial charge in [-0.1, -0.05) is 13.8 Å². The summed E-state index contributed by atoms with van der Waals surface area (Å²) in [5.74, 6) is -0.487. The Bertz CT molecular complexity index is 334. The number of hydrogen-bond donors (Lipinski definition) is 3. The SMILES string of the molecule is CC(C)CCC(=O)NCCCCC(NC(=O)I)C(=O)O. The molecule has 0 aromatic heterocycles. The third kappa shape index (κ3) is 11.0. The van der Waals surface area contributed by atoms with E-state index in [-0.39, 0.29) is 9.82 Å². The highest BCUT2D eigenvalue weighted by Gasteiger charge is 2.17. The number of carbonyl (C=O) groups is 3. The molecule has 0 fully saturated rings. The van der Waals surface area contributed by atoms with Gasteiger partial charge in [-0.2, -0.15) is 0 Å². The molecule has 0 aliphatic heterocycles. The third-order valence-corrected chi connectivity index (χ3v) is 3.09. The maximum atomic E-state index is 11.4. The van der Waals surface area contributed by atoms with Crippen LogP contribution in [0, 0.1) is 5.92 Å². The van der Waals surface area contributed by atoms with Gasteiger partial charge in [-0.05, 0) is 31.6 Å². The second-order valence-corrected chi connectivity index (χ2v) is 6.07. The first-order chi connectivity index (χ1) is 9.32. The zero-order valence-corrected chi connectivity index (χ0v) is 14.1. The number of hydrogen-bond acceptors (Lipinski definition) is 3. The first-order valence-corrected chi connectivity index (χ1v) is 7.86. The monoisotopic (exact) mass is 398 g/mol. The quantitative estimate of drug-likeness (QED) is 0.228. The molecule has 0 spiro atoms. The Hall–Kier alpha value is -0.860. The topological polar surface area (TPSA) is 95.5 Å². The standard InChI is InChI=1S/C13H23IN2O4/c1-9(2)6-7-11(17)15-8-4-3-5-10(12(18)19)16-13(14)20/h9-10H,3-8H2,1-2H3,(H,15,17)(H,16,20)(H,18,19). The summed E-state index contributed by atoms with van der Waals surface area (Å²) in [6, 6.07) is -0.851. The van der Waals surface area contributed by atoms with Crippen LogP contribution < -0.4 is 10.6 Å². The van der Waals surface area contributed by atoms with Crippen molar-refractivity contribution >= 4 is 38.4 Å². The fourth-order valence-electron chi connectivity index (χ4n) is 1.60. The molecule has 0 saturated heterocycles. The van der Waals surface area contributed by atoms with Gasteiger partial charge in [0.2, 0.25) is 5.91 Å². The highest BCUT2D eigenvalue weighted by Crippen LogP contribution is 2.04. The number of carbonyl (C=O) groups excluding carboxylic acids is 2. The van der Waals surface area contributed by atoms with E-state index in [2.05, 4.69) is 24.5 Å². The predicted octanol–water partition coefficient (Wildman–Crippen LogP) is 2.31. The molecule has 0 aromatic rings. The van der Waals surface area contributed by atoms with Crippen molar-refractivity contribution in [3.05, 3.63) is 0 Å². The van der Waals surface area contributed by atoms with Crippen molar-refractivity contribution in [2.24, 2.45) is 5.92 Å². The zero-order valence-electron chi connectivity index (χ0n) is 11.9. The van der Waals surface area contributed by atoms with E-state index < -0.39 is 12.0 Å². The molecule has 0 aromatic carbocycles. The molecule has 7 heteroatoms. The van der Waals surface area contributed by atoms with Crippen molar-refractivity contribution in [2.75, 3.05) is 6.54 Å². The Morgan fingerprint density at radius 3 is 2.30 bits per heavy atom. The lowest BCUT2D eigenvalue weighted by molar-refractivity contribution is -0.139. The van der Waals surface area contributed by atoms with Gasteiger partial charge in [-0.15, -0.1) is 0 Å². The van der Waals surface area contributed by atoms with Crippen LogP contribution in [0.25, 0.3) is 0 Å². The van der Waals surface area contributed by atoms with Crippen LogP contribution in [0.4, 0.5) is 4.79 Å². The fraction of sp³-hybridized carbons (Fsp3) is 0.769. The molecule has 0 radical (unpaired) electrons. The lowest BCUT2D eigenvalue weighted by Gasteiger charge is -2.12. The minimum Gasteiger partial charge on any atom is -0.480 e. The number of halogens is 1. The molecular weight excluding hydrogens is 375 g/mol. The van der Waals surface area contributed by atoms with E-state index >= 15 is 0 Å². The van der Waals surface area contributed by atoms with Crippen LogP contribution in [0.2, 0.25) is 0 Å². The largest absolute Gasteiger partial charge is 0.480 e. The van der Waals surface area contributed by atoms with Crippen molar-refractivity contribution in [2.45, 2.75) is 52.0 Å². The minimum absolute atomic E-state index is 0.0362. The summed E-state index contributed by atoms with van der Waals surface area (Å²) in [6.07, 6.45) is 3.10. The molecule has 1 atom stereocenters. The summed E-state index contributed by atoms with van der Waals surface area (Å²) in [7, 11) is 0. The van der Waals surface area contributed by atoms with E-state index in [0.717, 1.165) is 6.42 Å². The van der Waals surface area contributed by atoms with E-state index in [4.69, 9.17) is 5.11 Å². The Balaban J connectivity index is 3.71. The summed E-state index contributed by atoms with van der Waals surface area (Å²) >= 11 is 1.51. The number of aliphatic carboxylic acids is 1. The molecule has 0 rings (SSSR count). The van der Waals surface area contributed by atoms with Gasteiger partial charge in [-0.25, -0.2) is 4.79 Å². The molecule has 1 unspecified atom stereocenters. The number of rotatable bonds is 10. The molecule has 0 saturated carbocycles. The van der Waals surface area contributed by atoms with Gasteiger partial charge < -0.3 is 15.7 Å². The Morgan fingerprint density at radius 1 is 1.15 bits per heavy atom. The predicted molar refractivity (Wildman–Crippen MR) is 84.9 cm³/mol. The molecule has 0 heterocycles. The molecule has 20 heavy (non-hydrogen) atoms. The van der Waals surface area contributed by atoms with Crippen LogP contribution in [0.15, 0.2) is 0 Å². The molecular formula is C13H23IN2O4. The van der Waals surface area contributed by atoms with E-state index in [9.17, 15) is 14.4 Å². The molecule has 6 nitrogen and oxygen atoms in total. The van der Waals surface area contributed by atoms with Crippen LogP contribution in [0.3, 0.4) is 0 Å². The van der Waals surface area contributed by atoms with Gasteiger partial charge in [0.1, 0.15) is 6.04 Å². The van der Waals surface area contributed by atoms with Crippen molar-refractivity contribution in [3.8, 4) is 0 Å². The maximum absolute atomic E-state index is 11.4. The second kappa shape index (κ2) is 10.9. The van der Waals surface area contributed by atoms with Crippen LogP contribution in [-0.4, -0.2) is 33.5 Å². The van der Waals surface area contributed by atoms with Gasteiger partial charge in [0.05, 0.1) is 0 Å². The van der Waals surface area contributed by atoms with Crippen molar-refractivity contribution < 1.29 is 19.5 Å². The summed E-state index contributed by atoms with van der Waals surface area (Å²) in [4.78, 5) is 33.1. The van der Waals surface area contributed by atoms with Crippen LogP contribution in [0.5, 0.6) is 0 Å². The number of amides is 2. The summed E-state index contributed by atoms with van der Waals surface area (Å²) < 4.78 is -0.378. The summed E-state index contributed by atoms with van der Waals surface area (Å²) in [5, 5.41) is 14.1. The van der Waals surface area contributed by atoms with E-state index in [0.29, 0.717) is 38.1 Å². The lowest BCUT2D eigenvalue weighted by atomic mass is 10.1. The van der Waals surface area contributed by atoms with Crippen molar-refractivity contribution in [3.63, 3.8) is 0 Å². The third-order valence-electron chi connectivity index (χ3n) is 2.78. The summed E-state index contributed by atoms with van der Waals surface area (Å²) in [6.45, 7) is 4.68. The van der Waals surface area contributed by atoms with E-state index in [1.165, 1.54) is 22.6 Å². The van der Waals surface area contributed by atoms with E-state index in [1.54, 1.807) is 0 Å². The number of unbranched alkanes of at least 4 members (excludes halogenated alkanes) is 1. The average Bonchev–Trinajstić information content (AvgIpc) is 2.33. The first kappa shape index (κ1) is 19.1. The molecule has 0 bridgehead atoms. The van der Waals surface area contributed by atoms with Crippen LogP contribution >= 0.6 is 22.6 Å². The average molecular weight is 398 g/mol. The highest BCUT2D eigenvalue weighted by atomic mass is 127. The summed E-state index contributed by atoms with van der Waals surface area (Å²) in [5.41, 5.74) is 0. The van der Waals surface area contributed by atoms with Crippen LogP contribution in [0.1, 0.15) is 46.0 Å². The zero-order chi connectivity index (χ0) is 15.5. The molecule has 0 aliphatic rings. The van der Waals surface area contributed by atoms with Gasteiger partial charge in [-0.3, -0.25) is 9.59 Å². The second-order valence-electron chi connectivity index (χ2n) is 5.09. The van der Waals surface area contributed by atoms with Crippen LogP contribution in [-0.2, 0) is 9.59 Å². The molecule has 0 aliphatic carbocycles. The van der Waals surface area contributed by atoms with Crippen molar-refractivity contribution in [1.82, 2.24) is 10.6 Å². The smallest absolute Gasteiger partial charge is 0.326 e. The van der Waals surface area contributed by atoms with Gasteiger partial charge >= 0.3 is 5.97 Å².